The summed E-state index contributed by atoms with van der Waals surface area (Å²) in [5, 5.41) is 5.22. The van der Waals surface area contributed by atoms with Crippen molar-refractivity contribution >= 4 is 29.2 Å². The quantitative estimate of drug-likeness (QED) is 0.789. The Morgan fingerprint density at radius 2 is 1.88 bits per heavy atom. The van der Waals surface area contributed by atoms with Crippen molar-refractivity contribution in [3.63, 3.8) is 0 Å². The summed E-state index contributed by atoms with van der Waals surface area (Å²) in [5.74, 6) is -0.819. The van der Waals surface area contributed by atoms with Gasteiger partial charge in [-0.2, -0.15) is 0 Å². The fraction of sp³-hybridized carbons (Fsp3) is 0.222. The monoisotopic (exact) mass is 346 g/mol. The SMILES string of the molecule is CC(C)NC(=O)CNC(=O)/C=C/c1ccc(-c2ccc(F)cc2)s1. The molecule has 0 saturated carbocycles. The second-order valence-corrected chi connectivity index (χ2v) is 6.60. The average molecular weight is 346 g/mol. The van der Waals surface area contributed by atoms with Gasteiger partial charge in [0.15, 0.2) is 0 Å². The predicted molar refractivity (Wildman–Crippen MR) is 95.0 cm³/mol. The largest absolute Gasteiger partial charge is 0.352 e. The number of carbonyl (C=O) groups excluding carboxylic acids is 2. The van der Waals surface area contributed by atoms with Crippen LogP contribution in [0, 0.1) is 5.82 Å². The second-order valence-electron chi connectivity index (χ2n) is 5.48. The Morgan fingerprint density at radius 3 is 2.54 bits per heavy atom. The van der Waals surface area contributed by atoms with Crippen LogP contribution in [0.4, 0.5) is 4.39 Å². The maximum absolute atomic E-state index is 12.9. The van der Waals surface area contributed by atoms with E-state index in [0.717, 1.165) is 15.3 Å². The van der Waals surface area contributed by atoms with Crippen LogP contribution in [0.25, 0.3) is 16.5 Å². The fourth-order valence-corrected chi connectivity index (χ4v) is 2.88. The summed E-state index contributed by atoms with van der Waals surface area (Å²) in [7, 11) is 0. The van der Waals surface area contributed by atoms with E-state index in [1.54, 1.807) is 18.2 Å². The molecule has 1 aromatic heterocycles. The number of amides is 2. The summed E-state index contributed by atoms with van der Waals surface area (Å²) >= 11 is 1.50. The molecule has 24 heavy (non-hydrogen) atoms. The molecular formula is C18H19FN2O2S. The molecule has 0 atom stereocenters. The van der Waals surface area contributed by atoms with Crippen LogP contribution < -0.4 is 10.6 Å². The predicted octanol–water partition coefficient (Wildman–Crippen LogP) is 3.21. The number of halogens is 1. The van der Waals surface area contributed by atoms with Crippen molar-refractivity contribution in [1.29, 1.82) is 0 Å². The highest BCUT2D eigenvalue weighted by molar-refractivity contribution is 7.16. The van der Waals surface area contributed by atoms with Crippen molar-refractivity contribution < 1.29 is 14.0 Å². The second kappa shape index (κ2) is 8.40. The van der Waals surface area contributed by atoms with Gasteiger partial charge >= 0.3 is 0 Å². The van der Waals surface area contributed by atoms with E-state index < -0.39 is 0 Å². The number of rotatable bonds is 6. The lowest BCUT2D eigenvalue weighted by Crippen LogP contribution is -2.39. The third kappa shape index (κ3) is 5.62. The molecule has 0 aliphatic heterocycles. The van der Waals surface area contributed by atoms with Gasteiger partial charge in [-0.15, -0.1) is 11.3 Å². The molecule has 0 bridgehead atoms. The van der Waals surface area contributed by atoms with E-state index in [0.29, 0.717) is 0 Å². The lowest BCUT2D eigenvalue weighted by molar-refractivity contribution is -0.124. The molecule has 1 heterocycles. The van der Waals surface area contributed by atoms with Gasteiger partial charge in [0.25, 0.3) is 0 Å². The number of nitrogens with one attached hydrogen (secondary N) is 2. The minimum Gasteiger partial charge on any atom is -0.352 e. The van der Waals surface area contributed by atoms with Gasteiger partial charge in [0.2, 0.25) is 11.8 Å². The highest BCUT2D eigenvalue weighted by Gasteiger charge is 2.05. The van der Waals surface area contributed by atoms with Crippen LogP contribution in [0.15, 0.2) is 42.5 Å². The van der Waals surface area contributed by atoms with Crippen molar-refractivity contribution in [3.05, 3.63) is 53.2 Å². The highest BCUT2D eigenvalue weighted by Crippen LogP contribution is 2.28. The van der Waals surface area contributed by atoms with Crippen LogP contribution in [0.1, 0.15) is 18.7 Å². The van der Waals surface area contributed by atoms with Crippen LogP contribution in [0.3, 0.4) is 0 Å². The number of hydrogen-bond donors (Lipinski definition) is 2. The zero-order valence-electron chi connectivity index (χ0n) is 13.5. The molecule has 0 spiro atoms. The highest BCUT2D eigenvalue weighted by atomic mass is 32.1. The Balaban J connectivity index is 1.89. The van der Waals surface area contributed by atoms with E-state index in [-0.39, 0.29) is 30.2 Å². The van der Waals surface area contributed by atoms with Crippen molar-refractivity contribution in [2.75, 3.05) is 6.54 Å². The van der Waals surface area contributed by atoms with Crippen LogP contribution in [-0.2, 0) is 9.59 Å². The van der Waals surface area contributed by atoms with Crippen molar-refractivity contribution in [1.82, 2.24) is 10.6 Å². The molecule has 2 amide bonds. The third-order valence-electron chi connectivity index (χ3n) is 3.03. The molecule has 2 rings (SSSR count). The normalized spacial score (nSPS) is 11.0. The number of benzene rings is 1. The third-order valence-corrected chi connectivity index (χ3v) is 4.13. The first kappa shape index (κ1) is 17.9. The lowest BCUT2D eigenvalue weighted by Gasteiger charge is -2.07. The fourth-order valence-electron chi connectivity index (χ4n) is 1.97. The Morgan fingerprint density at radius 1 is 1.17 bits per heavy atom. The number of hydrogen-bond acceptors (Lipinski definition) is 3. The average Bonchev–Trinajstić information content (AvgIpc) is 3.00. The molecule has 0 aliphatic rings. The smallest absolute Gasteiger partial charge is 0.244 e. The van der Waals surface area contributed by atoms with Crippen LogP contribution in [0.5, 0.6) is 0 Å². The van der Waals surface area contributed by atoms with Gasteiger partial charge in [-0.25, -0.2) is 4.39 Å². The summed E-state index contributed by atoms with van der Waals surface area (Å²) < 4.78 is 12.9. The lowest BCUT2D eigenvalue weighted by atomic mass is 10.2. The van der Waals surface area contributed by atoms with Crippen LogP contribution >= 0.6 is 11.3 Å². The first-order valence-corrected chi connectivity index (χ1v) is 8.37. The van der Waals surface area contributed by atoms with Crippen LogP contribution in [0.2, 0.25) is 0 Å². The molecule has 0 radical (unpaired) electrons. The standard InChI is InChI=1S/C18H19FN2O2S/c1-12(2)21-18(23)11-20-17(22)10-8-15-7-9-16(24-15)13-3-5-14(19)6-4-13/h3-10,12H,11H2,1-2H3,(H,20,22)(H,21,23)/b10-8+. The van der Waals surface area contributed by atoms with Gasteiger partial charge in [0.1, 0.15) is 5.82 Å². The molecule has 0 fully saturated rings. The van der Waals surface area contributed by atoms with Crippen molar-refractivity contribution in [2.45, 2.75) is 19.9 Å². The summed E-state index contributed by atoms with van der Waals surface area (Å²) in [6.45, 7) is 3.66. The first-order chi connectivity index (χ1) is 11.4. The summed E-state index contributed by atoms with van der Waals surface area (Å²) in [5.41, 5.74) is 0.927. The molecule has 0 saturated heterocycles. The van der Waals surface area contributed by atoms with Crippen molar-refractivity contribution in [2.24, 2.45) is 0 Å². The molecule has 1 aromatic carbocycles. The van der Waals surface area contributed by atoms with E-state index in [2.05, 4.69) is 10.6 Å². The summed E-state index contributed by atoms with van der Waals surface area (Å²) in [4.78, 5) is 25.0. The number of thiophene rings is 1. The zero-order chi connectivity index (χ0) is 17.5. The van der Waals surface area contributed by atoms with Crippen LogP contribution in [-0.4, -0.2) is 24.4 Å². The Labute approximate surface area is 144 Å². The van der Waals surface area contributed by atoms with Gasteiger partial charge in [0, 0.05) is 21.9 Å². The first-order valence-electron chi connectivity index (χ1n) is 7.55. The van der Waals surface area contributed by atoms with Crippen molar-refractivity contribution in [3.8, 4) is 10.4 Å². The zero-order valence-corrected chi connectivity index (χ0v) is 14.3. The Kier molecular flexibility index (Phi) is 6.26. The Bertz CT molecular complexity index is 736. The molecular weight excluding hydrogens is 327 g/mol. The van der Waals surface area contributed by atoms with E-state index in [1.165, 1.54) is 29.5 Å². The molecule has 0 aliphatic carbocycles. The van der Waals surface area contributed by atoms with E-state index in [9.17, 15) is 14.0 Å². The molecule has 2 N–H and O–H groups in total. The molecule has 0 unspecified atom stereocenters. The molecule has 6 heteroatoms. The summed E-state index contributed by atoms with van der Waals surface area (Å²) in [6.07, 6.45) is 3.08. The van der Waals surface area contributed by atoms with Gasteiger partial charge < -0.3 is 10.6 Å². The van der Waals surface area contributed by atoms with E-state index in [4.69, 9.17) is 0 Å². The Hall–Kier alpha value is -2.47. The van der Waals surface area contributed by atoms with E-state index >= 15 is 0 Å². The topological polar surface area (TPSA) is 58.2 Å². The van der Waals surface area contributed by atoms with E-state index in [1.807, 2.05) is 26.0 Å². The maximum Gasteiger partial charge on any atom is 0.244 e. The summed E-state index contributed by atoms with van der Waals surface area (Å²) in [6, 6.07) is 10.1. The van der Waals surface area contributed by atoms with Gasteiger partial charge in [0.05, 0.1) is 6.54 Å². The van der Waals surface area contributed by atoms with Gasteiger partial charge in [-0.1, -0.05) is 12.1 Å². The minimum absolute atomic E-state index is 0.0425. The van der Waals surface area contributed by atoms with Gasteiger partial charge in [-0.3, -0.25) is 9.59 Å². The van der Waals surface area contributed by atoms with Gasteiger partial charge in [-0.05, 0) is 49.8 Å². The minimum atomic E-state index is -0.328. The molecule has 4 nitrogen and oxygen atoms in total. The molecule has 2 aromatic rings. The maximum atomic E-state index is 12.9. The molecule has 126 valence electrons. The number of carbonyl (C=O) groups is 2.